The third kappa shape index (κ3) is 4.08. The van der Waals surface area contributed by atoms with Crippen molar-refractivity contribution in [3.63, 3.8) is 0 Å². The van der Waals surface area contributed by atoms with E-state index in [1.54, 1.807) is 24.4 Å². The monoisotopic (exact) mass is 399 g/mol. The van der Waals surface area contributed by atoms with Crippen LogP contribution in [-0.2, 0) is 0 Å². The van der Waals surface area contributed by atoms with Crippen LogP contribution in [0.15, 0.2) is 48.0 Å². The van der Waals surface area contributed by atoms with Crippen molar-refractivity contribution in [2.75, 3.05) is 5.32 Å². The number of nitrogens with one attached hydrogen (secondary N) is 1. The standard InChI is InChI=1S/C20H15Cl2N3S/c1-12-3-4-14(7-13(12)2)19-11-26-20(25-19)15(9-23)10-24-18-8-16(21)5-6-17(18)22/h3-8,10-11,24H,1-2H3. The molecule has 0 radical (unpaired) electrons. The average molecular weight is 400 g/mol. The van der Waals surface area contributed by atoms with Gasteiger partial charge in [0.25, 0.3) is 0 Å². The van der Waals surface area contributed by atoms with E-state index in [4.69, 9.17) is 23.2 Å². The maximum Gasteiger partial charge on any atom is 0.136 e. The van der Waals surface area contributed by atoms with Crippen LogP contribution < -0.4 is 5.32 Å². The molecule has 0 aliphatic carbocycles. The molecule has 0 aliphatic heterocycles. The van der Waals surface area contributed by atoms with Crippen molar-refractivity contribution in [2.24, 2.45) is 0 Å². The normalized spacial score (nSPS) is 11.3. The number of anilines is 1. The lowest BCUT2D eigenvalue weighted by Gasteiger charge is -2.05. The SMILES string of the molecule is Cc1ccc(-c2csc(C(C#N)=CNc3cc(Cl)ccc3Cl)n2)cc1C. The zero-order chi connectivity index (χ0) is 18.7. The number of allylic oxidation sites excluding steroid dienone is 1. The molecule has 0 unspecified atom stereocenters. The van der Waals surface area contributed by atoms with Crippen LogP contribution >= 0.6 is 34.5 Å². The molecular formula is C20H15Cl2N3S. The maximum absolute atomic E-state index is 9.49. The van der Waals surface area contributed by atoms with Gasteiger partial charge in [-0.15, -0.1) is 11.3 Å². The van der Waals surface area contributed by atoms with Crippen molar-refractivity contribution in [2.45, 2.75) is 13.8 Å². The number of nitriles is 1. The summed E-state index contributed by atoms with van der Waals surface area (Å²) in [4.78, 5) is 4.60. The zero-order valence-corrected chi connectivity index (χ0v) is 16.5. The Labute approximate surface area is 166 Å². The number of rotatable bonds is 4. The van der Waals surface area contributed by atoms with E-state index >= 15 is 0 Å². The Morgan fingerprint density at radius 2 is 1.96 bits per heavy atom. The van der Waals surface area contributed by atoms with E-state index in [1.807, 2.05) is 11.4 Å². The first kappa shape index (κ1) is 18.5. The van der Waals surface area contributed by atoms with Crippen molar-refractivity contribution < 1.29 is 0 Å². The molecule has 1 N–H and O–H groups in total. The molecule has 3 nitrogen and oxygen atoms in total. The molecule has 2 aromatic carbocycles. The van der Waals surface area contributed by atoms with Crippen LogP contribution in [0.1, 0.15) is 16.1 Å². The first-order valence-corrected chi connectivity index (χ1v) is 9.47. The first-order valence-electron chi connectivity index (χ1n) is 7.83. The van der Waals surface area contributed by atoms with Crippen LogP contribution in [0.3, 0.4) is 0 Å². The summed E-state index contributed by atoms with van der Waals surface area (Å²) in [6.45, 7) is 4.15. The Morgan fingerprint density at radius 3 is 2.69 bits per heavy atom. The average Bonchev–Trinajstić information content (AvgIpc) is 3.10. The van der Waals surface area contributed by atoms with Gasteiger partial charge in [0.1, 0.15) is 16.6 Å². The largest absolute Gasteiger partial charge is 0.359 e. The Hall–Kier alpha value is -2.32. The van der Waals surface area contributed by atoms with E-state index in [0.29, 0.717) is 26.3 Å². The lowest BCUT2D eigenvalue weighted by molar-refractivity contribution is 1.31. The summed E-state index contributed by atoms with van der Waals surface area (Å²) in [6.07, 6.45) is 1.60. The number of aromatic nitrogens is 1. The van der Waals surface area contributed by atoms with Crippen molar-refractivity contribution in [1.29, 1.82) is 5.26 Å². The fourth-order valence-electron chi connectivity index (χ4n) is 2.33. The Balaban J connectivity index is 1.87. The lowest BCUT2D eigenvalue weighted by Crippen LogP contribution is -1.92. The van der Waals surface area contributed by atoms with E-state index in [0.717, 1.165) is 11.3 Å². The number of nitrogens with zero attached hydrogens (tertiary/aromatic N) is 2. The lowest BCUT2D eigenvalue weighted by atomic mass is 10.1. The summed E-state index contributed by atoms with van der Waals surface area (Å²) in [7, 11) is 0. The van der Waals surface area contributed by atoms with E-state index in [-0.39, 0.29) is 0 Å². The number of benzene rings is 2. The molecule has 0 fully saturated rings. The van der Waals surface area contributed by atoms with Gasteiger partial charge >= 0.3 is 0 Å². The number of halogens is 2. The molecule has 0 atom stereocenters. The summed E-state index contributed by atoms with van der Waals surface area (Å²) in [6, 6.07) is 13.5. The topological polar surface area (TPSA) is 48.7 Å². The summed E-state index contributed by atoms with van der Waals surface area (Å²) >= 11 is 13.5. The van der Waals surface area contributed by atoms with Crippen LogP contribution in [0, 0.1) is 25.2 Å². The molecule has 0 amide bonds. The molecule has 1 aromatic heterocycles. The van der Waals surface area contributed by atoms with Crippen LogP contribution in [0.2, 0.25) is 10.0 Å². The number of thiazole rings is 1. The maximum atomic E-state index is 9.49. The Kier molecular flexibility index (Phi) is 5.63. The van der Waals surface area contributed by atoms with E-state index in [1.165, 1.54) is 22.5 Å². The number of aryl methyl sites for hydroxylation is 2. The molecule has 6 heteroatoms. The second-order valence-corrected chi connectivity index (χ2v) is 7.48. The summed E-state index contributed by atoms with van der Waals surface area (Å²) in [5.74, 6) is 0. The number of hydrogen-bond acceptors (Lipinski definition) is 4. The minimum absolute atomic E-state index is 0.432. The van der Waals surface area contributed by atoms with Gasteiger partial charge in [0.05, 0.1) is 16.4 Å². The van der Waals surface area contributed by atoms with Crippen molar-refractivity contribution in [3.05, 3.63) is 74.2 Å². The number of hydrogen-bond donors (Lipinski definition) is 1. The highest BCUT2D eigenvalue weighted by atomic mass is 35.5. The van der Waals surface area contributed by atoms with Gasteiger partial charge in [-0.25, -0.2) is 4.98 Å². The van der Waals surface area contributed by atoms with Crippen molar-refractivity contribution >= 4 is 45.8 Å². The fraction of sp³-hybridized carbons (Fsp3) is 0.100. The highest BCUT2D eigenvalue weighted by Gasteiger charge is 2.10. The quantitative estimate of drug-likeness (QED) is 0.495. The third-order valence-electron chi connectivity index (χ3n) is 3.96. The molecule has 0 spiro atoms. The molecule has 0 bridgehead atoms. The first-order chi connectivity index (χ1) is 12.5. The second kappa shape index (κ2) is 7.92. The molecule has 26 heavy (non-hydrogen) atoms. The predicted octanol–water partition coefficient (Wildman–Crippen LogP) is 6.71. The molecule has 0 saturated carbocycles. The summed E-state index contributed by atoms with van der Waals surface area (Å²) in [5, 5.41) is 16.2. The van der Waals surface area contributed by atoms with Gasteiger partial charge in [0, 0.05) is 22.2 Å². The van der Waals surface area contributed by atoms with Gasteiger partial charge in [0.2, 0.25) is 0 Å². The molecule has 0 aliphatic rings. The third-order valence-corrected chi connectivity index (χ3v) is 5.40. The highest BCUT2D eigenvalue weighted by molar-refractivity contribution is 7.11. The molecule has 1 heterocycles. The van der Waals surface area contributed by atoms with Gasteiger partial charge in [-0.1, -0.05) is 35.3 Å². The van der Waals surface area contributed by atoms with E-state index in [9.17, 15) is 5.26 Å². The minimum atomic E-state index is 0.432. The highest BCUT2D eigenvalue weighted by Crippen LogP contribution is 2.29. The van der Waals surface area contributed by atoms with Gasteiger partial charge < -0.3 is 5.32 Å². The van der Waals surface area contributed by atoms with Gasteiger partial charge in [-0.3, -0.25) is 0 Å². The van der Waals surface area contributed by atoms with Crippen molar-refractivity contribution in [1.82, 2.24) is 4.98 Å². The molecule has 3 rings (SSSR count). The zero-order valence-electron chi connectivity index (χ0n) is 14.2. The van der Waals surface area contributed by atoms with Crippen LogP contribution in [0.4, 0.5) is 5.69 Å². The van der Waals surface area contributed by atoms with E-state index < -0.39 is 0 Å². The van der Waals surface area contributed by atoms with Gasteiger partial charge in [0.15, 0.2) is 0 Å². The smallest absolute Gasteiger partial charge is 0.136 e. The molecule has 3 aromatic rings. The van der Waals surface area contributed by atoms with Crippen LogP contribution in [0.25, 0.3) is 16.8 Å². The van der Waals surface area contributed by atoms with Crippen molar-refractivity contribution in [3.8, 4) is 17.3 Å². The minimum Gasteiger partial charge on any atom is -0.359 e. The molecular weight excluding hydrogens is 385 g/mol. The van der Waals surface area contributed by atoms with Crippen LogP contribution in [-0.4, -0.2) is 4.98 Å². The van der Waals surface area contributed by atoms with Gasteiger partial charge in [-0.05, 0) is 49.2 Å². The van der Waals surface area contributed by atoms with Crippen LogP contribution in [0.5, 0.6) is 0 Å². The molecule has 130 valence electrons. The van der Waals surface area contributed by atoms with E-state index in [2.05, 4.69) is 42.4 Å². The fourth-order valence-corrected chi connectivity index (χ4v) is 3.47. The molecule has 0 saturated heterocycles. The summed E-state index contributed by atoms with van der Waals surface area (Å²) in [5.41, 5.74) is 5.42. The van der Waals surface area contributed by atoms with Gasteiger partial charge in [-0.2, -0.15) is 5.26 Å². The predicted molar refractivity (Wildman–Crippen MR) is 111 cm³/mol. The Morgan fingerprint density at radius 1 is 1.15 bits per heavy atom. The summed E-state index contributed by atoms with van der Waals surface area (Å²) < 4.78 is 0. The Bertz CT molecular complexity index is 1030. The second-order valence-electron chi connectivity index (χ2n) is 5.78.